The first kappa shape index (κ1) is 18.5. The Labute approximate surface area is 143 Å². The van der Waals surface area contributed by atoms with Gasteiger partial charge in [-0.1, -0.05) is 6.07 Å². The Morgan fingerprint density at radius 1 is 1.33 bits per heavy atom. The fraction of sp³-hybridized carbons (Fsp3) is 0.611. The maximum Gasteiger partial charge on any atom is 0.412 e. The quantitative estimate of drug-likeness (QED) is 0.787. The van der Waals surface area contributed by atoms with E-state index in [0.717, 1.165) is 31.5 Å². The molecule has 24 heavy (non-hydrogen) atoms. The van der Waals surface area contributed by atoms with Crippen LogP contribution in [0.3, 0.4) is 0 Å². The molecule has 0 unspecified atom stereocenters. The van der Waals surface area contributed by atoms with Gasteiger partial charge in [0.2, 0.25) is 0 Å². The molecule has 1 fully saturated rings. The van der Waals surface area contributed by atoms with Crippen LogP contribution in [0.15, 0.2) is 18.2 Å². The molecule has 1 saturated heterocycles. The fourth-order valence-electron chi connectivity index (χ4n) is 2.90. The van der Waals surface area contributed by atoms with Gasteiger partial charge in [0.05, 0.1) is 5.60 Å². The van der Waals surface area contributed by atoms with E-state index in [-0.39, 0.29) is 11.4 Å². The summed E-state index contributed by atoms with van der Waals surface area (Å²) >= 11 is 0. The number of phenols is 1. The van der Waals surface area contributed by atoms with Crippen LogP contribution in [-0.4, -0.2) is 42.6 Å². The number of nitrogens with one attached hydrogen (secondary N) is 2. The van der Waals surface area contributed by atoms with E-state index in [2.05, 4.69) is 10.6 Å². The van der Waals surface area contributed by atoms with E-state index in [1.54, 1.807) is 40.0 Å². The molecule has 1 aromatic carbocycles. The van der Waals surface area contributed by atoms with Gasteiger partial charge in [0.15, 0.2) is 0 Å². The van der Waals surface area contributed by atoms with Crippen LogP contribution in [0.25, 0.3) is 0 Å². The molecular formula is C18H28N2O4. The molecule has 0 radical (unpaired) electrons. The molecule has 0 spiro atoms. The number of benzene rings is 1. The number of hydrogen-bond donors (Lipinski definition) is 3. The van der Waals surface area contributed by atoms with Crippen LogP contribution < -0.4 is 10.6 Å². The summed E-state index contributed by atoms with van der Waals surface area (Å²) in [4.78, 5) is 11.8. The van der Waals surface area contributed by atoms with Gasteiger partial charge in [-0.05, 0) is 58.3 Å². The zero-order chi connectivity index (χ0) is 17.8. The molecule has 1 aliphatic rings. The van der Waals surface area contributed by atoms with E-state index in [0.29, 0.717) is 12.1 Å². The van der Waals surface area contributed by atoms with Crippen molar-refractivity contribution in [2.24, 2.45) is 0 Å². The van der Waals surface area contributed by atoms with Crippen LogP contribution in [0.1, 0.15) is 39.2 Å². The Morgan fingerprint density at radius 3 is 2.54 bits per heavy atom. The van der Waals surface area contributed by atoms with E-state index in [4.69, 9.17) is 9.47 Å². The predicted octanol–water partition coefficient (Wildman–Crippen LogP) is 3.05. The summed E-state index contributed by atoms with van der Waals surface area (Å²) in [5.41, 5.74) is 0.505. The molecule has 2 rings (SSSR count). The van der Waals surface area contributed by atoms with Crippen molar-refractivity contribution in [1.29, 1.82) is 0 Å². The molecule has 0 aromatic heterocycles. The van der Waals surface area contributed by atoms with Gasteiger partial charge in [0, 0.05) is 25.3 Å². The minimum atomic E-state index is -0.564. The third-order valence-electron chi connectivity index (χ3n) is 4.19. The highest BCUT2D eigenvalue weighted by Gasteiger charge is 2.32. The zero-order valence-electron chi connectivity index (χ0n) is 14.9. The number of carbonyl (C=O) groups is 1. The monoisotopic (exact) mass is 336 g/mol. The number of piperidine rings is 1. The van der Waals surface area contributed by atoms with Crippen molar-refractivity contribution in [2.75, 3.05) is 25.5 Å². The summed E-state index contributed by atoms with van der Waals surface area (Å²) < 4.78 is 11.0. The lowest BCUT2D eigenvalue weighted by atomic mass is 9.85. The first-order chi connectivity index (χ1) is 11.2. The van der Waals surface area contributed by atoms with Gasteiger partial charge in [0.1, 0.15) is 11.4 Å². The van der Waals surface area contributed by atoms with Crippen LogP contribution in [0.5, 0.6) is 5.75 Å². The van der Waals surface area contributed by atoms with E-state index in [1.807, 2.05) is 6.07 Å². The topological polar surface area (TPSA) is 79.8 Å². The van der Waals surface area contributed by atoms with Crippen LogP contribution in [0.4, 0.5) is 10.5 Å². The maximum atomic E-state index is 11.8. The highest BCUT2D eigenvalue weighted by Crippen LogP contribution is 2.32. The molecule has 1 heterocycles. The Hall–Kier alpha value is -1.79. The second-order valence-electron chi connectivity index (χ2n) is 7.28. The van der Waals surface area contributed by atoms with Crippen molar-refractivity contribution in [3.8, 4) is 5.75 Å². The molecule has 6 heteroatoms. The van der Waals surface area contributed by atoms with E-state index in [1.165, 1.54) is 0 Å². The molecule has 0 aliphatic carbocycles. The first-order valence-corrected chi connectivity index (χ1v) is 8.31. The Balaban J connectivity index is 2.05. The normalized spacial score (nSPS) is 17.3. The summed E-state index contributed by atoms with van der Waals surface area (Å²) in [5, 5.41) is 16.3. The number of anilines is 1. The van der Waals surface area contributed by atoms with Crippen LogP contribution >= 0.6 is 0 Å². The third kappa shape index (κ3) is 5.11. The van der Waals surface area contributed by atoms with Gasteiger partial charge in [-0.15, -0.1) is 0 Å². The number of amides is 1. The first-order valence-electron chi connectivity index (χ1n) is 8.31. The summed E-state index contributed by atoms with van der Waals surface area (Å²) in [6, 6.07) is 5.14. The number of phenolic OH excluding ortho intramolecular Hbond substituents is 1. The molecule has 3 N–H and O–H groups in total. The lowest BCUT2D eigenvalue weighted by Gasteiger charge is -2.36. The Morgan fingerprint density at radius 2 is 2.00 bits per heavy atom. The maximum absolute atomic E-state index is 11.8. The van der Waals surface area contributed by atoms with E-state index < -0.39 is 11.7 Å². The third-order valence-corrected chi connectivity index (χ3v) is 4.19. The highest BCUT2D eigenvalue weighted by atomic mass is 16.6. The average molecular weight is 336 g/mol. The summed E-state index contributed by atoms with van der Waals surface area (Å²) in [5.74, 6) is 0.151. The molecule has 0 atom stereocenters. The second-order valence-corrected chi connectivity index (χ2v) is 7.28. The van der Waals surface area contributed by atoms with Crippen LogP contribution in [-0.2, 0) is 15.9 Å². The SMILES string of the molecule is COC1(Cc2ccc(NC(=O)OC(C)(C)C)cc2O)CCNCC1. The molecule has 1 amide bonds. The van der Waals surface area contributed by atoms with Crippen molar-refractivity contribution in [3.05, 3.63) is 23.8 Å². The lowest BCUT2D eigenvalue weighted by Crippen LogP contribution is -2.45. The van der Waals surface area contributed by atoms with Gasteiger partial charge < -0.3 is 19.9 Å². The zero-order valence-corrected chi connectivity index (χ0v) is 14.9. The van der Waals surface area contributed by atoms with Crippen molar-refractivity contribution in [1.82, 2.24) is 5.32 Å². The van der Waals surface area contributed by atoms with Crippen molar-refractivity contribution in [2.45, 2.75) is 51.2 Å². The largest absolute Gasteiger partial charge is 0.508 e. The molecule has 6 nitrogen and oxygen atoms in total. The number of rotatable bonds is 4. The minimum absolute atomic E-state index is 0.151. The van der Waals surface area contributed by atoms with Gasteiger partial charge in [-0.3, -0.25) is 5.32 Å². The van der Waals surface area contributed by atoms with Crippen LogP contribution in [0, 0.1) is 0 Å². The average Bonchev–Trinajstić information content (AvgIpc) is 2.49. The number of carbonyl (C=O) groups excluding carboxylic acids is 1. The summed E-state index contributed by atoms with van der Waals surface area (Å²) in [6.45, 7) is 7.23. The summed E-state index contributed by atoms with van der Waals surface area (Å²) in [6.07, 6.45) is 1.91. The molecule has 134 valence electrons. The smallest absolute Gasteiger partial charge is 0.412 e. The number of hydrogen-bond acceptors (Lipinski definition) is 5. The van der Waals surface area contributed by atoms with E-state index in [9.17, 15) is 9.90 Å². The second kappa shape index (κ2) is 7.40. The number of methoxy groups -OCH3 is 1. The van der Waals surface area contributed by atoms with Gasteiger partial charge in [-0.2, -0.15) is 0 Å². The molecule has 0 saturated carbocycles. The lowest BCUT2D eigenvalue weighted by molar-refractivity contribution is -0.0337. The van der Waals surface area contributed by atoms with Crippen LogP contribution in [0.2, 0.25) is 0 Å². The Bertz CT molecular complexity index is 575. The van der Waals surface area contributed by atoms with Crippen molar-refractivity contribution in [3.63, 3.8) is 0 Å². The van der Waals surface area contributed by atoms with Crippen molar-refractivity contribution < 1.29 is 19.4 Å². The van der Waals surface area contributed by atoms with Gasteiger partial charge in [0.25, 0.3) is 0 Å². The van der Waals surface area contributed by atoms with Crippen molar-refractivity contribution >= 4 is 11.8 Å². The van der Waals surface area contributed by atoms with Gasteiger partial charge >= 0.3 is 6.09 Å². The predicted molar refractivity (Wildman–Crippen MR) is 93.5 cm³/mol. The number of aromatic hydroxyl groups is 1. The van der Waals surface area contributed by atoms with Gasteiger partial charge in [-0.25, -0.2) is 4.79 Å². The Kier molecular flexibility index (Phi) is 5.72. The molecule has 1 aliphatic heterocycles. The molecule has 1 aromatic rings. The highest BCUT2D eigenvalue weighted by molar-refractivity contribution is 5.85. The summed E-state index contributed by atoms with van der Waals surface area (Å²) in [7, 11) is 1.72. The standard InChI is InChI=1S/C18H28N2O4/c1-17(2,3)24-16(22)20-14-6-5-13(15(21)11-14)12-18(23-4)7-9-19-10-8-18/h5-6,11,19,21H,7-10,12H2,1-4H3,(H,20,22). The van der Waals surface area contributed by atoms with E-state index >= 15 is 0 Å². The number of ether oxygens (including phenoxy) is 2. The fourth-order valence-corrected chi connectivity index (χ4v) is 2.90. The minimum Gasteiger partial charge on any atom is -0.508 e. The molecular weight excluding hydrogens is 308 g/mol. The molecule has 0 bridgehead atoms.